The highest BCUT2D eigenvalue weighted by Gasteiger charge is 2.43. The molecule has 1 aromatic carbocycles. The molecule has 1 fully saturated rings. The molecule has 1 saturated carbocycles. The lowest BCUT2D eigenvalue weighted by atomic mass is 9.94. The summed E-state index contributed by atoms with van der Waals surface area (Å²) < 4.78 is 0. The van der Waals surface area contributed by atoms with Gasteiger partial charge in [0.2, 0.25) is 0 Å². The molecule has 0 spiro atoms. The molecule has 24 heavy (non-hydrogen) atoms. The number of rotatable bonds is 5. The molecule has 4 rings (SSSR count). The smallest absolute Gasteiger partial charge is 0.0663 e. The van der Waals surface area contributed by atoms with Gasteiger partial charge in [-0.25, -0.2) is 0 Å². The second-order valence-electron chi connectivity index (χ2n) is 7.42. The fourth-order valence-electron chi connectivity index (χ4n) is 4.35. The average Bonchev–Trinajstić information content (AvgIpc) is 3.34. The van der Waals surface area contributed by atoms with Crippen LogP contribution in [0.5, 0.6) is 0 Å². The second kappa shape index (κ2) is 6.64. The van der Waals surface area contributed by atoms with Gasteiger partial charge in [-0.2, -0.15) is 10.2 Å². The van der Waals surface area contributed by atoms with Gasteiger partial charge < -0.3 is 5.32 Å². The number of hydrogen-bond donors (Lipinski definition) is 1. The second-order valence-corrected chi connectivity index (χ2v) is 7.42. The SMILES string of the molecule is CCc1nnc(C)c2c1CC1CC1CC2NCCc1ccccc1. The highest BCUT2D eigenvalue weighted by Crippen LogP contribution is 2.50. The molecular weight excluding hydrogens is 294 g/mol. The molecule has 3 heteroatoms. The van der Waals surface area contributed by atoms with Crippen LogP contribution in [0.1, 0.15) is 53.9 Å². The Morgan fingerprint density at radius 2 is 1.92 bits per heavy atom. The zero-order valence-corrected chi connectivity index (χ0v) is 14.8. The summed E-state index contributed by atoms with van der Waals surface area (Å²) in [5.41, 5.74) is 6.72. The Bertz CT molecular complexity index is 711. The lowest BCUT2D eigenvalue weighted by molar-refractivity contribution is 0.469. The van der Waals surface area contributed by atoms with Crippen LogP contribution in [0.2, 0.25) is 0 Å². The molecule has 2 aliphatic carbocycles. The van der Waals surface area contributed by atoms with Gasteiger partial charge in [0.1, 0.15) is 0 Å². The monoisotopic (exact) mass is 321 g/mol. The Kier molecular flexibility index (Phi) is 4.36. The van der Waals surface area contributed by atoms with Crippen LogP contribution < -0.4 is 5.32 Å². The Labute approximate surface area is 144 Å². The van der Waals surface area contributed by atoms with Gasteiger partial charge in [0.05, 0.1) is 11.4 Å². The van der Waals surface area contributed by atoms with Crippen molar-refractivity contribution in [3.8, 4) is 0 Å². The van der Waals surface area contributed by atoms with E-state index in [1.54, 1.807) is 0 Å². The summed E-state index contributed by atoms with van der Waals surface area (Å²) in [7, 11) is 0. The Balaban J connectivity index is 1.55. The van der Waals surface area contributed by atoms with Crippen molar-refractivity contribution in [3.05, 3.63) is 58.4 Å². The van der Waals surface area contributed by atoms with Crippen molar-refractivity contribution in [3.63, 3.8) is 0 Å². The third-order valence-corrected chi connectivity index (χ3v) is 5.79. The zero-order valence-electron chi connectivity index (χ0n) is 14.8. The van der Waals surface area contributed by atoms with E-state index in [1.807, 2.05) is 0 Å². The van der Waals surface area contributed by atoms with Crippen molar-refractivity contribution < 1.29 is 0 Å². The minimum atomic E-state index is 0.446. The van der Waals surface area contributed by atoms with Gasteiger partial charge in [-0.1, -0.05) is 37.3 Å². The molecule has 0 saturated heterocycles. The van der Waals surface area contributed by atoms with Gasteiger partial charge in [-0.15, -0.1) is 0 Å². The van der Waals surface area contributed by atoms with Crippen LogP contribution in [-0.2, 0) is 19.3 Å². The molecule has 3 nitrogen and oxygen atoms in total. The quantitative estimate of drug-likeness (QED) is 0.910. The van der Waals surface area contributed by atoms with Gasteiger partial charge in [0.15, 0.2) is 0 Å². The maximum Gasteiger partial charge on any atom is 0.0663 e. The number of nitrogens with zero attached hydrogens (tertiary/aromatic N) is 2. The summed E-state index contributed by atoms with van der Waals surface area (Å²) >= 11 is 0. The van der Waals surface area contributed by atoms with Crippen LogP contribution in [0.15, 0.2) is 30.3 Å². The van der Waals surface area contributed by atoms with Crippen LogP contribution >= 0.6 is 0 Å². The first-order chi connectivity index (χ1) is 11.8. The molecule has 0 amide bonds. The first-order valence-electron chi connectivity index (χ1n) is 9.38. The van der Waals surface area contributed by atoms with Crippen LogP contribution in [0.25, 0.3) is 0 Å². The maximum absolute atomic E-state index is 4.49. The van der Waals surface area contributed by atoms with E-state index in [9.17, 15) is 0 Å². The molecule has 2 aliphatic rings. The Morgan fingerprint density at radius 3 is 2.71 bits per heavy atom. The zero-order chi connectivity index (χ0) is 16.5. The van der Waals surface area contributed by atoms with E-state index >= 15 is 0 Å². The summed E-state index contributed by atoms with van der Waals surface area (Å²) in [5.74, 6) is 1.79. The first-order valence-corrected chi connectivity index (χ1v) is 9.38. The highest BCUT2D eigenvalue weighted by atomic mass is 15.1. The van der Waals surface area contributed by atoms with Crippen molar-refractivity contribution in [2.75, 3.05) is 6.54 Å². The molecule has 2 aromatic rings. The van der Waals surface area contributed by atoms with Crippen molar-refractivity contribution in [2.45, 2.75) is 52.0 Å². The van der Waals surface area contributed by atoms with Crippen LogP contribution in [-0.4, -0.2) is 16.7 Å². The lowest BCUT2D eigenvalue weighted by Crippen LogP contribution is -2.26. The molecule has 1 N–H and O–H groups in total. The van der Waals surface area contributed by atoms with Crippen LogP contribution in [0, 0.1) is 18.8 Å². The van der Waals surface area contributed by atoms with Gasteiger partial charge >= 0.3 is 0 Å². The van der Waals surface area contributed by atoms with E-state index in [4.69, 9.17) is 0 Å². The molecule has 0 aliphatic heterocycles. The van der Waals surface area contributed by atoms with Crippen LogP contribution in [0.4, 0.5) is 0 Å². The lowest BCUT2D eigenvalue weighted by Gasteiger charge is -2.23. The third-order valence-electron chi connectivity index (χ3n) is 5.79. The number of aryl methyl sites for hydroxylation is 2. The first kappa shape index (κ1) is 15.8. The van der Waals surface area contributed by atoms with Crippen molar-refractivity contribution in [2.24, 2.45) is 11.8 Å². The van der Waals surface area contributed by atoms with E-state index in [-0.39, 0.29) is 0 Å². The predicted molar refractivity (Wildman–Crippen MR) is 97.0 cm³/mol. The summed E-state index contributed by atoms with van der Waals surface area (Å²) in [5, 5.41) is 12.8. The predicted octanol–water partition coefficient (Wildman–Crippen LogP) is 3.80. The minimum absolute atomic E-state index is 0.446. The Morgan fingerprint density at radius 1 is 1.08 bits per heavy atom. The third kappa shape index (κ3) is 3.10. The highest BCUT2D eigenvalue weighted by molar-refractivity contribution is 5.38. The molecule has 1 heterocycles. The largest absolute Gasteiger partial charge is 0.310 e. The van der Waals surface area contributed by atoms with Gasteiger partial charge in [0.25, 0.3) is 0 Å². The molecule has 3 atom stereocenters. The summed E-state index contributed by atoms with van der Waals surface area (Å²) in [4.78, 5) is 0. The van der Waals surface area contributed by atoms with E-state index in [0.29, 0.717) is 6.04 Å². The summed E-state index contributed by atoms with van der Waals surface area (Å²) in [6, 6.07) is 11.2. The summed E-state index contributed by atoms with van der Waals surface area (Å²) in [6.07, 6.45) is 5.96. The number of fused-ring (bicyclic) bond motifs is 2. The van der Waals surface area contributed by atoms with Crippen molar-refractivity contribution >= 4 is 0 Å². The molecule has 0 radical (unpaired) electrons. The summed E-state index contributed by atoms with van der Waals surface area (Å²) in [6.45, 7) is 5.36. The Hall–Kier alpha value is -1.74. The van der Waals surface area contributed by atoms with Crippen molar-refractivity contribution in [1.29, 1.82) is 0 Å². The fourth-order valence-corrected chi connectivity index (χ4v) is 4.35. The van der Waals surface area contributed by atoms with Crippen LogP contribution in [0.3, 0.4) is 0 Å². The van der Waals surface area contributed by atoms with E-state index in [0.717, 1.165) is 36.9 Å². The molecule has 1 aromatic heterocycles. The normalized spacial score (nSPS) is 24.8. The number of aromatic nitrogens is 2. The molecular formula is C21H27N3. The van der Waals surface area contributed by atoms with E-state index in [1.165, 1.54) is 41.6 Å². The topological polar surface area (TPSA) is 37.8 Å². The van der Waals surface area contributed by atoms with E-state index < -0.39 is 0 Å². The van der Waals surface area contributed by atoms with Gasteiger partial charge in [-0.3, -0.25) is 0 Å². The molecule has 0 bridgehead atoms. The number of hydrogen-bond acceptors (Lipinski definition) is 3. The fraction of sp³-hybridized carbons (Fsp3) is 0.524. The van der Waals surface area contributed by atoms with Gasteiger partial charge in [-0.05, 0) is 74.1 Å². The number of nitrogens with one attached hydrogen (secondary N) is 1. The maximum atomic E-state index is 4.49. The average molecular weight is 321 g/mol. The standard InChI is InChI=1S/C21H27N3/c1-3-19-18-12-16-11-17(16)13-20(21(18)14(2)23-24-19)22-10-9-15-7-5-4-6-8-15/h4-8,16-17,20,22H,3,9-13H2,1-2H3. The van der Waals surface area contributed by atoms with E-state index in [2.05, 4.69) is 59.7 Å². The number of benzene rings is 1. The molecule has 126 valence electrons. The van der Waals surface area contributed by atoms with Gasteiger partial charge in [0, 0.05) is 6.04 Å². The minimum Gasteiger partial charge on any atom is -0.310 e. The van der Waals surface area contributed by atoms with Crippen molar-refractivity contribution in [1.82, 2.24) is 15.5 Å². The molecule has 3 unspecified atom stereocenters.